The van der Waals surface area contributed by atoms with Gasteiger partial charge in [-0.2, -0.15) is 0 Å². The minimum atomic E-state index is -3.31. The number of sulfonamides is 1. The van der Waals surface area contributed by atoms with Crippen LogP contribution in [0.5, 0.6) is 5.75 Å². The van der Waals surface area contributed by atoms with E-state index in [4.69, 9.17) is 14.2 Å². The maximum absolute atomic E-state index is 12.1. The van der Waals surface area contributed by atoms with Crippen LogP contribution in [0.4, 0.5) is 0 Å². The number of methoxy groups -OCH3 is 2. The van der Waals surface area contributed by atoms with Gasteiger partial charge in [-0.05, 0) is 18.1 Å². The molecule has 1 aromatic rings. The fourth-order valence-electron chi connectivity index (χ4n) is 1.89. The molecule has 0 heterocycles. The molecular formula is C15H25NO5S. The van der Waals surface area contributed by atoms with E-state index in [0.717, 1.165) is 11.3 Å². The molecule has 22 heavy (non-hydrogen) atoms. The van der Waals surface area contributed by atoms with Gasteiger partial charge < -0.3 is 14.2 Å². The fourth-order valence-corrected chi connectivity index (χ4v) is 2.90. The number of nitrogens with zero attached hydrogens (tertiary/aromatic N) is 1. The van der Waals surface area contributed by atoms with Crippen LogP contribution in [0.25, 0.3) is 0 Å². The Bertz CT molecular complexity index is 532. The second-order valence-corrected chi connectivity index (χ2v) is 7.00. The van der Waals surface area contributed by atoms with Crippen LogP contribution >= 0.6 is 0 Å². The molecule has 1 aromatic carbocycles. The average Bonchev–Trinajstić information content (AvgIpc) is 2.52. The molecule has 6 nitrogen and oxygen atoms in total. The standard InChI is InChI=1S/C15H25NO5S/c1-16(22(17,18)13-12-21-11-10-19-2)9-8-14-6-4-5-7-15(14)20-3/h4-7H,8-13H2,1-3H3. The van der Waals surface area contributed by atoms with Crippen LogP contribution in [0.15, 0.2) is 24.3 Å². The number of likely N-dealkylation sites (N-methyl/N-ethyl adjacent to an activating group) is 1. The Morgan fingerprint density at radius 2 is 1.82 bits per heavy atom. The van der Waals surface area contributed by atoms with Gasteiger partial charge in [0, 0.05) is 20.7 Å². The Balaban J connectivity index is 2.44. The van der Waals surface area contributed by atoms with Crippen molar-refractivity contribution < 1.29 is 22.6 Å². The summed E-state index contributed by atoms with van der Waals surface area (Å²) in [5, 5.41) is 0. The molecule has 0 radical (unpaired) electrons. The van der Waals surface area contributed by atoms with Crippen LogP contribution in [0.3, 0.4) is 0 Å². The minimum absolute atomic E-state index is 0.0286. The van der Waals surface area contributed by atoms with Crippen LogP contribution in [-0.2, 0) is 25.9 Å². The van der Waals surface area contributed by atoms with E-state index in [1.165, 1.54) is 4.31 Å². The highest BCUT2D eigenvalue weighted by molar-refractivity contribution is 7.89. The van der Waals surface area contributed by atoms with E-state index < -0.39 is 10.0 Å². The van der Waals surface area contributed by atoms with Gasteiger partial charge in [-0.25, -0.2) is 12.7 Å². The lowest BCUT2D eigenvalue weighted by atomic mass is 10.1. The van der Waals surface area contributed by atoms with E-state index in [1.807, 2.05) is 24.3 Å². The summed E-state index contributed by atoms with van der Waals surface area (Å²) in [5.74, 6) is 0.746. The summed E-state index contributed by atoms with van der Waals surface area (Å²) in [5.41, 5.74) is 0.989. The van der Waals surface area contributed by atoms with Gasteiger partial charge in [-0.3, -0.25) is 0 Å². The fraction of sp³-hybridized carbons (Fsp3) is 0.600. The molecule has 0 aromatic heterocycles. The van der Waals surface area contributed by atoms with Crippen LogP contribution in [0.2, 0.25) is 0 Å². The van der Waals surface area contributed by atoms with Crippen molar-refractivity contribution in [2.75, 3.05) is 53.4 Å². The number of ether oxygens (including phenoxy) is 3. The van der Waals surface area contributed by atoms with E-state index >= 15 is 0 Å². The van der Waals surface area contributed by atoms with Crippen molar-refractivity contribution in [3.63, 3.8) is 0 Å². The lowest BCUT2D eigenvalue weighted by Crippen LogP contribution is -2.32. The lowest BCUT2D eigenvalue weighted by Gasteiger charge is -2.18. The molecule has 0 N–H and O–H groups in total. The van der Waals surface area contributed by atoms with E-state index in [1.54, 1.807) is 21.3 Å². The quantitative estimate of drug-likeness (QED) is 0.569. The van der Waals surface area contributed by atoms with Crippen molar-refractivity contribution in [3.8, 4) is 5.75 Å². The van der Waals surface area contributed by atoms with Crippen molar-refractivity contribution in [2.24, 2.45) is 0 Å². The molecule has 7 heteroatoms. The number of rotatable bonds is 11. The molecule has 0 atom stereocenters. The van der Waals surface area contributed by atoms with Gasteiger partial charge >= 0.3 is 0 Å². The zero-order valence-electron chi connectivity index (χ0n) is 13.4. The van der Waals surface area contributed by atoms with Crippen molar-refractivity contribution in [2.45, 2.75) is 6.42 Å². The summed E-state index contributed by atoms with van der Waals surface area (Å²) < 4.78 is 40.9. The Hall–Kier alpha value is -1.15. The summed E-state index contributed by atoms with van der Waals surface area (Å²) >= 11 is 0. The van der Waals surface area contributed by atoms with Crippen molar-refractivity contribution in [3.05, 3.63) is 29.8 Å². The number of hydrogen-bond donors (Lipinski definition) is 0. The van der Waals surface area contributed by atoms with Crippen LogP contribution < -0.4 is 4.74 Å². The zero-order valence-corrected chi connectivity index (χ0v) is 14.3. The van der Waals surface area contributed by atoms with Crippen molar-refractivity contribution in [1.82, 2.24) is 4.31 Å². The summed E-state index contributed by atoms with van der Waals surface area (Å²) in [4.78, 5) is 0. The smallest absolute Gasteiger partial charge is 0.216 e. The predicted molar refractivity (Wildman–Crippen MR) is 85.8 cm³/mol. The third-order valence-corrected chi connectivity index (χ3v) is 5.10. The zero-order chi connectivity index (χ0) is 16.4. The highest BCUT2D eigenvalue weighted by Crippen LogP contribution is 2.18. The maximum atomic E-state index is 12.1. The van der Waals surface area contributed by atoms with E-state index in [-0.39, 0.29) is 12.4 Å². The lowest BCUT2D eigenvalue weighted by molar-refractivity contribution is 0.0782. The number of hydrogen-bond acceptors (Lipinski definition) is 5. The predicted octanol–water partition coefficient (Wildman–Crippen LogP) is 1.16. The van der Waals surface area contributed by atoms with Gasteiger partial charge in [-0.1, -0.05) is 18.2 Å². The van der Waals surface area contributed by atoms with Gasteiger partial charge in [0.1, 0.15) is 5.75 Å². The molecule has 0 unspecified atom stereocenters. The summed E-state index contributed by atoms with van der Waals surface area (Å²) in [7, 11) is 1.46. The third kappa shape index (κ3) is 6.31. The molecule has 126 valence electrons. The number of benzene rings is 1. The van der Waals surface area contributed by atoms with Gasteiger partial charge in [0.05, 0.1) is 32.7 Å². The molecule has 0 bridgehead atoms. The first-order chi connectivity index (χ1) is 10.5. The molecule has 0 aliphatic carbocycles. The minimum Gasteiger partial charge on any atom is -0.496 e. The number of para-hydroxylation sites is 1. The maximum Gasteiger partial charge on any atom is 0.216 e. The summed E-state index contributed by atoms with van der Waals surface area (Å²) in [6, 6.07) is 7.61. The van der Waals surface area contributed by atoms with Gasteiger partial charge in [0.2, 0.25) is 10.0 Å². The highest BCUT2D eigenvalue weighted by atomic mass is 32.2. The van der Waals surface area contributed by atoms with Gasteiger partial charge in [0.25, 0.3) is 0 Å². The third-order valence-electron chi connectivity index (χ3n) is 3.28. The summed E-state index contributed by atoms with van der Waals surface area (Å²) in [6.07, 6.45) is 0.601. The van der Waals surface area contributed by atoms with Crippen LogP contribution in [0.1, 0.15) is 5.56 Å². The molecule has 0 aliphatic rings. The highest BCUT2D eigenvalue weighted by Gasteiger charge is 2.17. The molecule has 1 rings (SSSR count). The molecule has 0 saturated heterocycles. The monoisotopic (exact) mass is 331 g/mol. The molecule has 0 amide bonds. The first-order valence-electron chi connectivity index (χ1n) is 7.14. The second-order valence-electron chi connectivity index (χ2n) is 4.80. The summed E-state index contributed by atoms with van der Waals surface area (Å²) in [6.45, 7) is 1.44. The molecule has 0 spiro atoms. The molecule has 0 aliphatic heterocycles. The SMILES string of the molecule is COCCOCCS(=O)(=O)N(C)CCc1ccccc1OC. The Morgan fingerprint density at radius 3 is 2.50 bits per heavy atom. The average molecular weight is 331 g/mol. The first-order valence-corrected chi connectivity index (χ1v) is 8.74. The van der Waals surface area contributed by atoms with Crippen LogP contribution in [0, 0.1) is 0 Å². The second kappa shape index (κ2) is 9.78. The Kier molecular flexibility index (Phi) is 8.40. The molecule has 0 saturated carbocycles. The Labute approximate surface area is 133 Å². The van der Waals surface area contributed by atoms with E-state index in [9.17, 15) is 8.42 Å². The first kappa shape index (κ1) is 18.9. The topological polar surface area (TPSA) is 65.1 Å². The van der Waals surface area contributed by atoms with E-state index in [2.05, 4.69) is 0 Å². The van der Waals surface area contributed by atoms with Crippen molar-refractivity contribution >= 4 is 10.0 Å². The largest absolute Gasteiger partial charge is 0.496 e. The Morgan fingerprint density at radius 1 is 1.09 bits per heavy atom. The van der Waals surface area contributed by atoms with Gasteiger partial charge in [-0.15, -0.1) is 0 Å². The molecule has 0 fully saturated rings. The van der Waals surface area contributed by atoms with Crippen LogP contribution in [-0.4, -0.2) is 66.1 Å². The molecular weight excluding hydrogens is 306 g/mol. The van der Waals surface area contributed by atoms with E-state index in [0.29, 0.717) is 26.2 Å². The van der Waals surface area contributed by atoms with Crippen molar-refractivity contribution in [1.29, 1.82) is 0 Å². The normalized spacial score (nSPS) is 11.8. The van der Waals surface area contributed by atoms with Gasteiger partial charge in [0.15, 0.2) is 0 Å².